The van der Waals surface area contributed by atoms with E-state index >= 15 is 0 Å². The molecule has 7 heteroatoms. The molecular weight excluding hydrogens is 244 g/mol. The molecule has 0 radical (unpaired) electrons. The van der Waals surface area contributed by atoms with Crippen LogP contribution in [0.3, 0.4) is 0 Å². The number of phenols is 1. The number of benzene rings is 1. The van der Waals surface area contributed by atoms with Crippen LogP contribution in [0.1, 0.15) is 0 Å². The molecule has 6 nitrogen and oxygen atoms in total. The maximum atomic E-state index is 11.4. The van der Waals surface area contributed by atoms with Crippen LogP contribution in [0, 0.1) is 0 Å². The van der Waals surface area contributed by atoms with Gasteiger partial charge < -0.3 is 15.4 Å². The summed E-state index contributed by atoms with van der Waals surface area (Å²) >= 11 is 0. The Bertz CT molecular complexity index is 661. The van der Waals surface area contributed by atoms with Gasteiger partial charge in [-0.15, -0.1) is 0 Å². The number of nitrogens with zero attached hydrogens (tertiary/aromatic N) is 1. The lowest BCUT2D eigenvalue weighted by Crippen LogP contribution is -1.97. The standard InChI is InChI=1S/C10H10N2O4S/c1-17(14,15)6-2-3-9(13)7(4-6)8-5-12-16-10(8)11/h2-5,13H,11H2,1H3. The number of sulfone groups is 1. The van der Waals surface area contributed by atoms with E-state index in [-0.39, 0.29) is 22.1 Å². The summed E-state index contributed by atoms with van der Waals surface area (Å²) in [5.41, 5.74) is 6.14. The predicted octanol–water partition coefficient (Wildman–Crippen LogP) is 1.03. The number of aromatic hydroxyl groups is 1. The zero-order chi connectivity index (χ0) is 12.6. The van der Waals surface area contributed by atoms with Gasteiger partial charge in [-0.25, -0.2) is 8.42 Å². The molecule has 0 aliphatic rings. The normalized spacial score (nSPS) is 11.6. The number of aromatic nitrogens is 1. The first-order valence-electron chi connectivity index (χ1n) is 4.63. The van der Waals surface area contributed by atoms with Gasteiger partial charge in [0.15, 0.2) is 9.84 Å². The first-order chi connectivity index (χ1) is 7.89. The molecule has 3 N–H and O–H groups in total. The predicted molar refractivity (Wildman–Crippen MR) is 61.1 cm³/mol. The van der Waals surface area contributed by atoms with Crippen LogP contribution in [0.2, 0.25) is 0 Å². The lowest BCUT2D eigenvalue weighted by molar-refractivity contribution is 0.436. The Morgan fingerprint density at radius 3 is 2.59 bits per heavy atom. The van der Waals surface area contributed by atoms with Gasteiger partial charge in [0.2, 0.25) is 5.88 Å². The average Bonchev–Trinajstić information content (AvgIpc) is 2.63. The van der Waals surface area contributed by atoms with Crippen LogP contribution < -0.4 is 5.73 Å². The highest BCUT2D eigenvalue weighted by atomic mass is 32.2. The summed E-state index contributed by atoms with van der Waals surface area (Å²) < 4.78 is 27.5. The smallest absolute Gasteiger partial charge is 0.230 e. The third-order valence-electron chi connectivity index (χ3n) is 2.28. The van der Waals surface area contributed by atoms with Crippen molar-refractivity contribution in [2.75, 3.05) is 12.0 Å². The minimum Gasteiger partial charge on any atom is -0.507 e. The zero-order valence-electron chi connectivity index (χ0n) is 8.91. The third kappa shape index (κ3) is 2.09. The fourth-order valence-electron chi connectivity index (χ4n) is 1.41. The second kappa shape index (κ2) is 3.77. The molecule has 2 aromatic rings. The molecule has 0 aliphatic carbocycles. The average molecular weight is 254 g/mol. The lowest BCUT2D eigenvalue weighted by atomic mass is 10.1. The quantitative estimate of drug-likeness (QED) is 0.829. The zero-order valence-corrected chi connectivity index (χ0v) is 9.73. The van der Waals surface area contributed by atoms with E-state index < -0.39 is 9.84 Å². The summed E-state index contributed by atoms with van der Waals surface area (Å²) in [4.78, 5) is 0.0888. The van der Waals surface area contributed by atoms with E-state index in [4.69, 9.17) is 5.73 Å². The summed E-state index contributed by atoms with van der Waals surface area (Å²) in [6.45, 7) is 0. The highest BCUT2D eigenvalue weighted by Gasteiger charge is 2.15. The fourth-order valence-corrected chi connectivity index (χ4v) is 2.06. The summed E-state index contributed by atoms with van der Waals surface area (Å²) in [7, 11) is -3.35. The van der Waals surface area contributed by atoms with E-state index in [9.17, 15) is 13.5 Å². The Morgan fingerprint density at radius 2 is 2.06 bits per heavy atom. The molecule has 17 heavy (non-hydrogen) atoms. The SMILES string of the molecule is CS(=O)(=O)c1ccc(O)c(-c2cnoc2N)c1. The van der Waals surface area contributed by atoms with Crippen molar-refractivity contribution in [3.05, 3.63) is 24.4 Å². The number of hydrogen-bond acceptors (Lipinski definition) is 6. The molecule has 0 fully saturated rings. The first-order valence-corrected chi connectivity index (χ1v) is 6.52. The van der Waals surface area contributed by atoms with Crippen LogP contribution in [0.15, 0.2) is 33.8 Å². The van der Waals surface area contributed by atoms with E-state index in [1.54, 1.807) is 0 Å². The number of hydrogen-bond donors (Lipinski definition) is 2. The van der Waals surface area contributed by atoms with Gasteiger partial charge in [0.1, 0.15) is 5.75 Å². The van der Waals surface area contributed by atoms with Crippen molar-refractivity contribution in [1.82, 2.24) is 5.16 Å². The fraction of sp³-hybridized carbons (Fsp3) is 0.100. The van der Waals surface area contributed by atoms with Crippen LogP contribution in [0.5, 0.6) is 5.75 Å². The minimum absolute atomic E-state index is 0.0194. The van der Waals surface area contributed by atoms with E-state index in [1.807, 2.05) is 0 Å². The maximum absolute atomic E-state index is 11.4. The maximum Gasteiger partial charge on any atom is 0.230 e. The van der Waals surface area contributed by atoms with Crippen LogP contribution in [0.25, 0.3) is 11.1 Å². The van der Waals surface area contributed by atoms with Crippen molar-refractivity contribution in [3.8, 4) is 16.9 Å². The van der Waals surface area contributed by atoms with E-state index in [0.717, 1.165) is 6.26 Å². The Balaban J connectivity index is 2.67. The van der Waals surface area contributed by atoms with Gasteiger partial charge >= 0.3 is 0 Å². The summed E-state index contributed by atoms with van der Waals surface area (Å²) in [5, 5.41) is 13.1. The number of phenolic OH excluding ortho intramolecular Hbond substituents is 1. The summed E-state index contributed by atoms with van der Waals surface area (Å²) in [5.74, 6) is -0.0711. The first kappa shape index (κ1) is 11.5. The van der Waals surface area contributed by atoms with E-state index in [1.165, 1.54) is 24.4 Å². The highest BCUT2D eigenvalue weighted by molar-refractivity contribution is 7.90. The van der Waals surface area contributed by atoms with Gasteiger partial charge in [-0.1, -0.05) is 5.16 Å². The molecule has 90 valence electrons. The van der Waals surface area contributed by atoms with Crippen LogP contribution in [-0.2, 0) is 9.84 Å². The van der Waals surface area contributed by atoms with Crippen LogP contribution >= 0.6 is 0 Å². The van der Waals surface area contributed by atoms with Crippen LogP contribution in [-0.4, -0.2) is 24.9 Å². The van der Waals surface area contributed by atoms with Gasteiger partial charge in [0.25, 0.3) is 0 Å². The third-order valence-corrected chi connectivity index (χ3v) is 3.39. The molecule has 0 spiro atoms. The molecule has 1 heterocycles. The monoisotopic (exact) mass is 254 g/mol. The Kier molecular flexibility index (Phi) is 2.55. The van der Waals surface area contributed by atoms with E-state index in [2.05, 4.69) is 9.68 Å². The topological polar surface area (TPSA) is 106 Å². The van der Waals surface area contributed by atoms with Crippen molar-refractivity contribution in [2.45, 2.75) is 4.90 Å². The molecule has 0 saturated heterocycles. The van der Waals surface area contributed by atoms with Gasteiger partial charge in [-0.3, -0.25) is 0 Å². The van der Waals surface area contributed by atoms with Crippen molar-refractivity contribution in [3.63, 3.8) is 0 Å². The number of nitrogens with two attached hydrogens (primary N) is 1. The minimum atomic E-state index is -3.35. The van der Waals surface area contributed by atoms with E-state index in [0.29, 0.717) is 5.56 Å². The molecule has 1 aromatic heterocycles. The molecule has 0 unspecified atom stereocenters. The van der Waals surface area contributed by atoms with Gasteiger partial charge in [0.05, 0.1) is 16.7 Å². The Morgan fingerprint density at radius 1 is 1.35 bits per heavy atom. The van der Waals surface area contributed by atoms with Crippen molar-refractivity contribution in [1.29, 1.82) is 0 Å². The molecule has 0 saturated carbocycles. The lowest BCUT2D eigenvalue weighted by Gasteiger charge is -2.05. The molecule has 0 amide bonds. The van der Waals surface area contributed by atoms with Crippen molar-refractivity contribution in [2.24, 2.45) is 0 Å². The van der Waals surface area contributed by atoms with Gasteiger partial charge in [-0.05, 0) is 18.2 Å². The second-order valence-corrected chi connectivity index (χ2v) is 5.57. The molecule has 0 bridgehead atoms. The van der Waals surface area contributed by atoms with Crippen molar-refractivity contribution < 1.29 is 18.0 Å². The van der Waals surface area contributed by atoms with Gasteiger partial charge in [0, 0.05) is 11.8 Å². The van der Waals surface area contributed by atoms with Crippen molar-refractivity contribution >= 4 is 15.7 Å². The Labute approximate surface area is 97.6 Å². The highest BCUT2D eigenvalue weighted by Crippen LogP contribution is 2.34. The molecule has 1 aromatic carbocycles. The molecule has 0 atom stereocenters. The molecule has 2 rings (SSSR count). The molecular formula is C10H10N2O4S. The van der Waals surface area contributed by atoms with Gasteiger partial charge in [-0.2, -0.15) is 0 Å². The number of anilines is 1. The molecule has 0 aliphatic heterocycles. The van der Waals surface area contributed by atoms with Crippen LogP contribution in [0.4, 0.5) is 5.88 Å². The summed E-state index contributed by atoms with van der Waals surface area (Å²) in [6, 6.07) is 3.93. The largest absolute Gasteiger partial charge is 0.507 e. The number of nitrogen functional groups attached to an aromatic ring is 1. The Hall–Kier alpha value is -2.02. The number of rotatable bonds is 2. The second-order valence-electron chi connectivity index (χ2n) is 3.55. The summed E-state index contributed by atoms with van der Waals surface area (Å²) in [6.07, 6.45) is 2.40.